The number of carbonyl (C=O) groups is 9. The number of para-hydroxylation sites is 1. The van der Waals surface area contributed by atoms with Crippen molar-refractivity contribution in [1.82, 2.24) is 42.2 Å². The summed E-state index contributed by atoms with van der Waals surface area (Å²) < 4.78 is 35.7. The summed E-state index contributed by atoms with van der Waals surface area (Å²) in [7, 11) is -4.84. The van der Waals surface area contributed by atoms with E-state index in [1.54, 1.807) is 30.7 Å². The van der Waals surface area contributed by atoms with Gasteiger partial charge in [0, 0.05) is 42.9 Å². The van der Waals surface area contributed by atoms with Gasteiger partial charge >= 0.3 is 22.3 Å². The van der Waals surface area contributed by atoms with Gasteiger partial charge < -0.3 is 56.6 Å². The van der Waals surface area contributed by atoms with Crippen LogP contribution in [0.2, 0.25) is 0 Å². The lowest BCUT2D eigenvalue weighted by molar-refractivity contribution is -0.141. The van der Waals surface area contributed by atoms with E-state index in [0.717, 1.165) is 16.5 Å². The number of rotatable bonds is 32. The number of hydrogen-bond acceptors (Lipinski definition) is 13. The number of carboxylic acid groups (broad SMARTS) is 2. The highest BCUT2D eigenvalue weighted by Crippen LogP contribution is 2.20. The second kappa shape index (κ2) is 29.9. The zero-order valence-corrected chi connectivity index (χ0v) is 42.4. The van der Waals surface area contributed by atoms with E-state index in [2.05, 4.69) is 46.4 Å². The third kappa shape index (κ3) is 20.9. The maximum Gasteiger partial charge on any atom is 0.446 e. The standard InChI is InChI=1S/C49H62N8O15S2/c1-3-4-13-36(47(66)57-40(27-44(62)63)46(65)50-23-21-30-10-6-5-7-11-30)55-49(68)39(26-32-28-51-35-14-9-8-12-34(32)35)54-42(59)29-52-45(64)37(22-24-73-2)56-48(67)38(53-41(58)19-20-43(60)61)25-31-15-17-33(18-16-31)72-74(69,70)71/h5-12,14-18,28,36-40,51H,3-4,13,19-27,29H2,1-2H3,(H,50,65)(H,52,64)(H,53,58)(H,54,59)(H,55,68)(H,56,67)(H,57,66)(H,60,61)(H,62,63)(H,69,70,71)/t36-,37-,38-,39+,40-/m0/s1. The normalized spacial score (nSPS) is 13.2. The second-order valence-electron chi connectivity index (χ2n) is 17.0. The molecular formula is C49H62N8O15S2. The Morgan fingerprint density at radius 2 is 1.23 bits per heavy atom. The van der Waals surface area contributed by atoms with E-state index in [0.29, 0.717) is 36.1 Å². The number of aromatic amines is 1. The van der Waals surface area contributed by atoms with Gasteiger partial charge in [0.2, 0.25) is 41.4 Å². The number of thioether (sulfide) groups is 1. The van der Waals surface area contributed by atoms with Crippen LogP contribution in [0, 0.1) is 0 Å². The Hall–Kier alpha value is -7.51. The Bertz CT molecular complexity index is 2690. The fourth-order valence-electron chi connectivity index (χ4n) is 7.48. The molecule has 4 aromatic rings. The van der Waals surface area contributed by atoms with Crippen LogP contribution < -0.4 is 41.4 Å². The number of benzene rings is 3. The number of hydrogen-bond donors (Lipinski definition) is 11. The maximum absolute atomic E-state index is 14.3. The Kier molecular flexibility index (Phi) is 23.8. The number of amides is 7. The van der Waals surface area contributed by atoms with E-state index in [1.165, 1.54) is 36.0 Å². The van der Waals surface area contributed by atoms with Crippen molar-refractivity contribution in [3.63, 3.8) is 0 Å². The molecule has 0 aliphatic carbocycles. The number of carbonyl (C=O) groups excluding carboxylic acids is 7. The number of fused-ring (bicyclic) bond motifs is 1. The molecule has 0 saturated heterocycles. The average Bonchev–Trinajstić information content (AvgIpc) is 3.76. The number of nitrogens with one attached hydrogen (secondary N) is 8. The minimum Gasteiger partial charge on any atom is -0.481 e. The van der Waals surface area contributed by atoms with E-state index >= 15 is 0 Å². The molecule has 7 amide bonds. The summed E-state index contributed by atoms with van der Waals surface area (Å²) in [5, 5.41) is 37.4. The molecule has 0 radical (unpaired) electrons. The van der Waals surface area contributed by atoms with Gasteiger partial charge in [0.05, 0.1) is 19.4 Å². The van der Waals surface area contributed by atoms with Gasteiger partial charge in [-0.15, -0.1) is 0 Å². The molecule has 400 valence electrons. The van der Waals surface area contributed by atoms with Crippen LogP contribution in [0.4, 0.5) is 0 Å². The van der Waals surface area contributed by atoms with E-state index in [-0.39, 0.29) is 38.0 Å². The van der Waals surface area contributed by atoms with Gasteiger partial charge in [0.15, 0.2) is 0 Å². The van der Waals surface area contributed by atoms with Gasteiger partial charge in [0.25, 0.3) is 0 Å². The number of unbranched alkanes of at least 4 members (excludes halogenated alkanes) is 1. The highest BCUT2D eigenvalue weighted by molar-refractivity contribution is 7.98. The number of H-pyrrole nitrogens is 1. The summed E-state index contributed by atoms with van der Waals surface area (Å²) in [4.78, 5) is 121. The summed E-state index contributed by atoms with van der Waals surface area (Å²) in [5.74, 6) is -8.25. The van der Waals surface area contributed by atoms with Crippen molar-refractivity contribution in [1.29, 1.82) is 0 Å². The first-order valence-corrected chi connectivity index (χ1v) is 26.3. The van der Waals surface area contributed by atoms with Gasteiger partial charge in [-0.2, -0.15) is 20.2 Å². The van der Waals surface area contributed by atoms with E-state index in [1.807, 2.05) is 43.3 Å². The second-order valence-corrected chi connectivity index (χ2v) is 19.0. The molecule has 0 aliphatic rings. The summed E-state index contributed by atoms with van der Waals surface area (Å²) in [6, 6.07) is 14.7. The lowest BCUT2D eigenvalue weighted by atomic mass is 10.0. The Morgan fingerprint density at radius 1 is 0.635 bits per heavy atom. The van der Waals surface area contributed by atoms with E-state index in [9.17, 15) is 56.7 Å². The molecule has 5 atom stereocenters. The van der Waals surface area contributed by atoms with Gasteiger partial charge in [-0.3, -0.25) is 47.7 Å². The van der Waals surface area contributed by atoms with Gasteiger partial charge in [-0.25, -0.2) is 0 Å². The Morgan fingerprint density at radius 3 is 1.86 bits per heavy atom. The first kappa shape index (κ1) is 59.1. The highest BCUT2D eigenvalue weighted by Gasteiger charge is 2.32. The quantitative estimate of drug-likeness (QED) is 0.0307. The van der Waals surface area contributed by atoms with Crippen molar-refractivity contribution in [2.75, 3.05) is 25.1 Å². The molecular weight excluding hydrogens is 1000 g/mol. The molecule has 0 unspecified atom stereocenters. The first-order chi connectivity index (χ1) is 35.2. The minimum atomic E-state index is -4.84. The molecule has 1 aromatic heterocycles. The van der Waals surface area contributed by atoms with Crippen molar-refractivity contribution in [2.24, 2.45) is 0 Å². The zero-order valence-electron chi connectivity index (χ0n) is 40.7. The molecule has 11 N–H and O–H groups in total. The predicted molar refractivity (Wildman–Crippen MR) is 272 cm³/mol. The van der Waals surface area contributed by atoms with Gasteiger partial charge in [-0.05, 0) is 66.2 Å². The van der Waals surface area contributed by atoms with Gasteiger partial charge in [-0.1, -0.05) is 80.4 Å². The van der Waals surface area contributed by atoms with Crippen molar-refractivity contribution >= 4 is 86.4 Å². The van der Waals surface area contributed by atoms with Crippen LogP contribution >= 0.6 is 11.8 Å². The lowest BCUT2D eigenvalue weighted by Gasteiger charge is -2.25. The summed E-state index contributed by atoms with van der Waals surface area (Å²) in [6.07, 6.45) is 2.89. The molecule has 0 aliphatic heterocycles. The van der Waals surface area contributed by atoms with Crippen LogP contribution in [-0.4, -0.2) is 137 Å². The minimum absolute atomic E-state index is 0.0389. The number of aliphatic carboxylic acids is 2. The summed E-state index contributed by atoms with van der Waals surface area (Å²) in [6.45, 7) is 1.31. The molecule has 74 heavy (non-hydrogen) atoms. The average molecular weight is 1070 g/mol. The molecule has 4 rings (SSSR count). The fourth-order valence-corrected chi connectivity index (χ4v) is 8.31. The Labute approximate surface area is 431 Å². The SMILES string of the molecule is CCCC[C@H](NC(=O)[C@@H](Cc1c[nH]c2ccccc12)NC(=O)CNC(=O)[C@H](CCSC)NC(=O)[C@H](Cc1ccc(OS(=O)(=O)O)cc1)NC(=O)CCC(=O)O)C(=O)N[C@@H](CC(=O)O)C(=O)NCCc1ccccc1. The van der Waals surface area contributed by atoms with Gasteiger partial charge in [0.1, 0.15) is 36.0 Å². The third-order valence-electron chi connectivity index (χ3n) is 11.2. The van der Waals surface area contributed by atoms with Crippen molar-refractivity contribution in [2.45, 2.75) is 101 Å². The highest BCUT2D eigenvalue weighted by atomic mass is 32.3. The van der Waals surface area contributed by atoms with Crippen LogP contribution in [0.15, 0.2) is 85.1 Å². The zero-order chi connectivity index (χ0) is 54.2. The molecule has 1 heterocycles. The molecule has 0 saturated carbocycles. The van der Waals surface area contributed by atoms with Crippen molar-refractivity contribution < 1.29 is 70.5 Å². The predicted octanol–water partition coefficient (Wildman–Crippen LogP) is 1.32. The summed E-state index contributed by atoms with van der Waals surface area (Å²) in [5.41, 5.74) is 2.63. The topological polar surface area (TPSA) is 358 Å². The van der Waals surface area contributed by atoms with Crippen LogP contribution in [0.25, 0.3) is 10.9 Å². The first-order valence-electron chi connectivity index (χ1n) is 23.6. The van der Waals surface area contributed by atoms with Crippen LogP contribution in [0.3, 0.4) is 0 Å². The molecule has 0 spiro atoms. The molecule has 0 fully saturated rings. The Balaban J connectivity index is 1.50. The monoisotopic (exact) mass is 1070 g/mol. The number of carboxylic acids is 2. The van der Waals surface area contributed by atoms with Crippen LogP contribution in [0.5, 0.6) is 5.75 Å². The summed E-state index contributed by atoms with van der Waals surface area (Å²) >= 11 is 1.34. The number of aromatic nitrogens is 1. The third-order valence-corrected chi connectivity index (χ3v) is 12.3. The largest absolute Gasteiger partial charge is 0.481 e. The van der Waals surface area contributed by atoms with Crippen LogP contribution in [-0.2, 0) is 72.8 Å². The molecule has 23 nitrogen and oxygen atoms in total. The molecule has 3 aromatic carbocycles. The van der Waals surface area contributed by atoms with Crippen LogP contribution in [0.1, 0.15) is 68.6 Å². The molecule has 0 bridgehead atoms. The lowest BCUT2D eigenvalue weighted by Crippen LogP contribution is -2.58. The molecule has 25 heteroatoms. The van der Waals surface area contributed by atoms with E-state index < -0.39 is 120 Å². The van der Waals surface area contributed by atoms with Crippen molar-refractivity contribution in [3.8, 4) is 5.75 Å². The van der Waals surface area contributed by atoms with E-state index in [4.69, 9.17) is 9.66 Å². The smallest absolute Gasteiger partial charge is 0.446 e. The van der Waals surface area contributed by atoms with Crippen molar-refractivity contribution in [3.05, 3.63) is 102 Å². The maximum atomic E-state index is 14.3. The fraction of sp³-hybridized carbons (Fsp3) is 0.408.